The van der Waals surface area contributed by atoms with Crippen LogP contribution in [0.15, 0.2) is 40.1 Å². The molecule has 1 aliphatic carbocycles. The number of carbonyl (C=O) groups excluding carboxylic acids is 1. The molecule has 1 aliphatic heterocycles. The molecule has 3 nitrogen and oxygen atoms in total. The van der Waals surface area contributed by atoms with Gasteiger partial charge in [-0.2, -0.15) is 0 Å². The van der Waals surface area contributed by atoms with Crippen molar-refractivity contribution in [3.8, 4) is 0 Å². The van der Waals surface area contributed by atoms with E-state index in [1.807, 2.05) is 30.3 Å². The summed E-state index contributed by atoms with van der Waals surface area (Å²) >= 11 is 2.98. The Morgan fingerprint density at radius 2 is 1.75 bits per heavy atom. The van der Waals surface area contributed by atoms with Crippen molar-refractivity contribution < 1.29 is 14.7 Å². The maximum absolute atomic E-state index is 12.5. The molecule has 1 aromatic carbocycles. The smallest absolute Gasteiger partial charge is 0.341 e. The summed E-state index contributed by atoms with van der Waals surface area (Å²) in [6, 6.07) is 9.86. The van der Waals surface area contributed by atoms with Crippen LogP contribution in [0, 0.1) is 5.92 Å². The molecule has 1 saturated carbocycles. The van der Waals surface area contributed by atoms with Crippen molar-refractivity contribution in [3.63, 3.8) is 0 Å². The Morgan fingerprint density at radius 3 is 2.35 bits per heavy atom. The molecular formula is C15H14O3S2. The molecule has 0 aromatic heterocycles. The van der Waals surface area contributed by atoms with Crippen LogP contribution >= 0.6 is 23.5 Å². The molecule has 5 heteroatoms. The number of carbonyl (C=O) groups is 2. The van der Waals surface area contributed by atoms with Gasteiger partial charge in [0, 0.05) is 17.4 Å². The van der Waals surface area contributed by atoms with Crippen molar-refractivity contribution >= 4 is 35.3 Å². The fourth-order valence-electron chi connectivity index (χ4n) is 2.49. The molecular weight excluding hydrogens is 292 g/mol. The number of Topliss-reactive ketones (excluding diaryl/α,β-unsaturated/α-hetero) is 1. The summed E-state index contributed by atoms with van der Waals surface area (Å²) in [6.45, 7) is 0. The summed E-state index contributed by atoms with van der Waals surface area (Å²) in [7, 11) is 0. The van der Waals surface area contributed by atoms with E-state index in [9.17, 15) is 14.7 Å². The second kappa shape index (κ2) is 5.66. The predicted molar refractivity (Wildman–Crippen MR) is 81.9 cm³/mol. The first-order chi connectivity index (χ1) is 9.68. The van der Waals surface area contributed by atoms with Gasteiger partial charge in [-0.15, -0.1) is 23.5 Å². The second-order valence-electron chi connectivity index (χ2n) is 4.89. The van der Waals surface area contributed by atoms with Crippen molar-refractivity contribution in [2.45, 2.75) is 12.3 Å². The number of benzene rings is 1. The summed E-state index contributed by atoms with van der Waals surface area (Å²) in [5.41, 5.74) is 1.15. The van der Waals surface area contributed by atoms with Crippen LogP contribution in [0.2, 0.25) is 0 Å². The fraction of sp³-hybridized carbons (Fsp3) is 0.333. The third-order valence-corrected chi connectivity index (χ3v) is 6.28. The molecule has 1 N–H and O–H groups in total. The van der Waals surface area contributed by atoms with Crippen LogP contribution < -0.4 is 0 Å². The van der Waals surface area contributed by atoms with E-state index in [1.165, 1.54) is 23.5 Å². The molecule has 2 aliphatic rings. The topological polar surface area (TPSA) is 54.4 Å². The zero-order chi connectivity index (χ0) is 14.1. The largest absolute Gasteiger partial charge is 0.478 e. The molecule has 0 bridgehead atoms. The van der Waals surface area contributed by atoms with E-state index in [-0.39, 0.29) is 23.2 Å². The first-order valence-electron chi connectivity index (χ1n) is 6.51. The van der Waals surface area contributed by atoms with Gasteiger partial charge >= 0.3 is 5.97 Å². The van der Waals surface area contributed by atoms with Crippen LogP contribution in [0.1, 0.15) is 17.9 Å². The van der Waals surface area contributed by atoms with Crippen LogP contribution in [0.4, 0.5) is 0 Å². The van der Waals surface area contributed by atoms with Gasteiger partial charge in [0.25, 0.3) is 0 Å². The summed E-state index contributed by atoms with van der Waals surface area (Å²) in [6.07, 6.45) is 0.766. The first-order valence-corrected chi connectivity index (χ1v) is 8.48. The molecule has 2 atom stereocenters. The number of hydrogen-bond donors (Lipinski definition) is 1. The molecule has 0 radical (unpaired) electrons. The average molecular weight is 306 g/mol. The molecule has 104 valence electrons. The summed E-state index contributed by atoms with van der Waals surface area (Å²) in [4.78, 5) is 23.9. The third-order valence-electron chi connectivity index (χ3n) is 3.57. The highest BCUT2D eigenvalue weighted by Crippen LogP contribution is 2.50. The van der Waals surface area contributed by atoms with Crippen LogP contribution in [-0.4, -0.2) is 28.4 Å². The van der Waals surface area contributed by atoms with E-state index < -0.39 is 5.97 Å². The Labute approximate surface area is 125 Å². The van der Waals surface area contributed by atoms with Crippen molar-refractivity contribution in [2.75, 3.05) is 11.5 Å². The van der Waals surface area contributed by atoms with Gasteiger partial charge in [-0.05, 0) is 17.9 Å². The molecule has 2 fully saturated rings. The Kier molecular flexibility index (Phi) is 3.89. The average Bonchev–Trinajstić information content (AvgIpc) is 3.09. The predicted octanol–water partition coefficient (Wildman–Crippen LogP) is 3.14. The standard InChI is InChI=1S/C15H14O3S2/c16-13(12(14(17)18)15-19-6-7-20-15)11-8-10(11)9-4-2-1-3-5-9/h1-5,10-11H,6-8H2,(H,17,18)/t10-,11-/m0/s1. The van der Waals surface area contributed by atoms with Crippen LogP contribution in [0.3, 0.4) is 0 Å². The number of ketones is 1. The highest BCUT2D eigenvalue weighted by Gasteiger charge is 2.46. The fourth-order valence-corrected chi connectivity index (χ4v) is 5.02. The highest BCUT2D eigenvalue weighted by molar-refractivity contribution is 8.25. The van der Waals surface area contributed by atoms with E-state index in [2.05, 4.69) is 0 Å². The van der Waals surface area contributed by atoms with Gasteiger partial charge in [-0.25, -0.2) is 4.79 Å². The van der Waals surface area contributed by atoms with E-state index in [4.69, 9.17) is 0 Å². The normalized spacial score (nSPS) is 24.5. The zero-order valence-electron chi connectivity index (χ0n) is 10.7. The van der Waals surface area contributed by atoms with Crippen molar-refractivity contribution in [3.05, 3.63) is 45.7 Å². The van der Waals surface area contributed by atoms with Gasteiger partial charge in [-0.3, -0.25) is 4.79 Å². The van der Waals surface area contributed by atoms with E-state index in [1.54, 1.807) is 0 Å². The monoisotopic (exact) mass is 306 g/mol. The van der Waals surface area contributed by atoms with Crippen molar-refractivity contribution in [1.29, 1.82) is 0 Å². The van der Waals surface area contributed by atoms with E-state index in [0.717, 1.165) is 23.5 Å². The Balaban J connectivity index is 1.80. The molecule has 20 heavy (non-hydrogen) atoms. The zero-order valence-corrected chi connectivity index (χ0v) is 12.4. The Bertz CT molecular complexity index is 572. The quantitative estimate of drug-likeness (QED) is 0.526. The lowest BCUT2D eigenvalue weighted by molar-refractivity contribution is -0.134. The van der Waals surface area contributed by atoms with E-state index >= 15 is 0 Å². The summed E-state index contributed by atoms with van der Waals surface area (Å²) < 4.78 is 0.696. The molecule has 0 spiro atoms. The Morgan fingerprint density at radius 1 is 1.10 bits per heavy atom. The number of hydrogen-bond acceptors (Lipinski definition) is 4. The number of aliphatic carboxylic acids is 1. The van der Waals surface area contributed by atoms with Crippen LogP contribution in [0.25, 0.3) is 0 Å². The van der Waals surface area contributed by atoms with Gasteiger partial charge in [0.2, 0.25) is 0 Å². The first kappa shape index (κ1) is 13.8. The van der Waals surface area contributed by atoms with Gasteiger partial charge in [-0.1, -0.05) is 30.3 Å². The Hall–Kier alpha value is -1.20. The molecule has 1 aromatic rings. The number of rotatable bonds is 4. The maximum atomic E-state index is 12.5. The minimum atomic E-state index is -1.08. The van der Waals surface area contributed by atoms with Crippen LogP contribution in [0.5, 0.6) is 0 Å². The number of thioether (sulfide) groups is 2. The van der Waals surface area contributed by atoms with Crippen LogP contribution in [-0.2, 0) is 9.59 Å². The lowest BCUT2D eigenvalue weighted by Gasteiger charge is -2.05. The molecule has 1 saturated heterocycles. The van der Waals surface area contributed by atoms with E-state index in [0.29, 0.717) is 4.24 Å². The minimum Gasteiger partial charge on any atom is -0.478 e. The molecule has 0 unspecified atom stereocenters. The van der Waals surface area contributed by atoms with Crippen molar-refractivity contribution in [2.24, 2.45) is 5.92 Å². The third kappa shape index (κ3) is 2.65. The van der Waals surface area contributed by atoms with Gasteiger partial charge < -0.3 is 5.11 Å². The van der Waals surface area contributed by atoms with Gasteiger partial charge in [0.05, 0.1) is 4.24 Å². The van der Waals surface area contributed by atoms with Crippen molar-refractivity contribution in [1.82, 2.24) is 0 Å². The number of carboxylic acids is 1. The second-order valence-corrected chi connectivity index (χ2v) is 7.36. The lowest BCUT2D eigenvalue weighted by atomic mass is 10.0. The summed E-state index contributed by atoms with van der Waals surface area (Å²) in [5, 5.41) is 9.33. The maximum Gasteiger partial charge on any atom is 0.341 e. The SMILES string of the molecule is O=C(O)C(C(=O)[C@H]1C[C@H]1c1ccccc1)=C1SCCS1. The van der Waals surface area contributed by atoms with Gasteiger partial charge in [0.15, 0.2) is 5.78 Å². The molecule has 0 amide bonds. The molecule has 3 rings (SSSR count). The highest BCUT2D eigenvalue weighted by atomic mass is 32.2. The lowest BCUT2D eigenvalue weighted by Crippen LogP contribution is -2.15. The minimum absolute atomic E-state index is 0.0148. The summed E-state index contributed by atoms with van der Waals surface area (Å²) in [5.74, 6) is 0.537. The van der Waals surface area contributed by atoms with Gasteiger partial charge in [0.1, 0.15) is 5.57 Å². The number of carboxylic acid groups (broad SMARTS) is 1. The molecule has 1 heterocycles.